The fourth-order valence-electron chi connectivity index (χ4n) is 1.79. The number of hydrogen-bond acceptors (Lipinski definition) is 3. The number of ketones is 1. The first-order chi connectivity index (χ1) is 10.0. The average molecular weight is 283 g/mol. The number of Topliss-reactive ketones (excluding diaryl/α,β-unsaturated/α-hetero) is 1. The Bertz CT molecular complexity index is 647. The third kappa shape index (κ3) is 4.45. The van der Waals surface area contributed by atoms with E-state index in [1.165, 1.54) is 6.92 Å². The van der Waals surface area contributed by atoms with Gasteiger partial charge in [0.05, 0.1) is 0 Å². The monoisotopic (exact) mass is 283 g/mol. The molecule has 0 atom stereocenters. The van der Waals surface area contributed by atoms with Crippen molar-refractivity contribution >= 4 is 17.4 Å². The van der Waals surface area contributed by atoms with Crippen LogP contribution in [0.2, 0.25) is 0 Å². The molecule has 4 heteroatoms. The molecular weight excluding hydrogens is 266 g/mol. The lowest BCUT2D eigenvalue weighted by Gasteiger charge is -2.08. The normalized spacial score (nSPS) is 10.0. The van der Waals surface area contributed by atoms with E-state index in [-0.39, 0.29) is 18.3 Å². The molecule has 0 aromatic heterocycles. The predicted octanol–water partition coefficient (Wildman–Crippen LogP) is 3.22. The first-order valence-corrected chi connectivity index (χ1v) is 6.65. The van der Waals surface area contributed by atoms with Crippen LogP contribution in [0.3, 0.4) is 0 Å². The van der Waals surface area contributed by atoms with Gasteiger partial charge in [0.25, 0.3) is 5.91 Å². The number of rotatable bonds is 5. The van der Waals surface area contributed by atoms with Crippen LogP contribution in [0, 0.1) is 6.92 Å². The summed E-state index contributed by atoms with van der Waals surface area (Å²) in [7, 11) is 0. The van der Waals surface area contributed by atoms with E-state index in [9.17, 15) is 9.59 Å². The molecule has 2 rings (SSSR count). The minimum Gasteiger partial charge on any atom is -0.484 e. The van der Waals surface area contributed by atoms with E-state index in [4.69, 9.17) is 4.74 Å². The summed E-state index contributed by atoms with van der Waals surface area (Å²) in [5.41, 5.74) is 2.42. The minimum absolute atomic E-state index is 0.0374. The van der Waals surface area contributed by atoms with Crippen LogP contribution >= 0.6 is 0 Å². The van der Waals surface area contributed by atoms with Gasteiger partial charge < -0.3 is 10.1 Å². The Morgan fingerprint density at radius 3 is 2.48 bits per heavy atom. The van der Waals surface area contributed by atoms with Crippen LogP contribution < -0.4 is 10.1 Å². The van der Waals surface area contributed by atoms with Crippen LogP contribution in [0.4, 0.5) is 5.69 Å². The number of carbonyl (C=O) groups excluding carboxylic acids is 2. The summed E-state index contributed by atoms with van der Waals surface area (Å²) in [6, 6.07) is 14.3. The van der Waals surface area contributed by atoms with Gasteiger partial charge in [-0.25, -0.2) is 0 Å². The topological polar surface area (TPSA) is 55.4 Å². The maximum absolute atomic E-state index is 11.8. The molecule has 0 bridgehead atoms. The van der Waals surface area contributed by atoms with Crippen molar-refractivity contribution in [1.82, 2.24) is 0 Å². The van der Waals surface area contributed by atoms with E-state index in [0.29, 0.717) is 11.3 Å². The Morgan fingerprint density at radius 2 is 1.81 bits per heavy atom. The lowest BCUT2D eigenvalue weighted by molar-refractivity contribution is -0.118. The Kier molecular flexibility index (Phi) is 4.72. The molecule has 1 N–H and O–H groups in total. The molecule has 0 spiro atoms. The quantitative estimate of drug-likeness (QED) is 0.857. The SMILES string of the molecule is CC(=O)c1cccc(OCC(=O)Nc2ccc(C)cc2)c1. The molecule has 0 aliphatic carbocycles. The van der Waals surface area contributed by atoms with Gasteiger partial charge in [0.15, 0.2) is 12.4 Å². The van der Waals surface area contributed by atoms with Gasteiger partial charge >= 0.3 is 0 Å². The smallest absolute Gasteiger partial charge is 0.262 e. The van der Waals surface area contributed by atoms with Crippen molar-refractivity contribution in [3.8, 4) is 5.75 Å². The lowest BCUT2D eigenvalue weighted by atomic mass is 10.1. The molecule has 0 saturated heterocycles. The Morgan fingerprint density at radius 1 is 1.10 bits per heavy atom. The van der Waals surface area contributed by atoms with E-state index in [1.807, 2.05) is 31.2 Å². The van der Waals surface area contributed by atoms with Crippen molar-refractivity contribution in [2.24, 2.45) is 0 Å². The highest BCUT2D eigenvalue weighted by Gasteiger charge is 2.05. The van der Waals surface area contributed by atoms with E-state index >= 15 is 0 Å². The van der Waals surface area contributed by atoms with Crippen molar-refractivity contribution < 1.29 is 14.3 Å². The average Bonchev–Trinajstić information content (AvgIpc) is 2.48. The van der Waals surface area contributed by atoms with Crippen LogP contribution in [-0.4, -0.2) is 18.3 Å². The summed E-state index contributed by atoms with van der Waals surface area (Å²) in [4.78, 5) is 23.1. The number of carbonyl (C=O) groups is 2. The van der Waals surface area contributed by atoms with Crippen LogP contribution in [0.1, 0.15) is 22.8 Å². The number of aryl methyl sites for hydroxylation is 1. The molecule has 0 saturated carbocycles. The van der Waals surface area contributed by atoms with Crippen molar-refractivity contribution in [3.05, 3.63) is 59.7 Å². The molecule has 0 aliphatic heterocycles. The summed E-state index contributed by atoms with van der Waals surface area (Å²) in [5, 5.41) is 2.75. The van der Waals surface area contributed by atoms with Gasteiger partial charge in [-0.15, -0.1) is 0 Å². The van der Waals surface area contributed by atoms with Crippen molar-refractivity contribution in [2.45, 2.75) is 13.8 Å². The maximum atomic E-state index is 11.8. The molecule has 108 valence electrons. The largest absolute Gasteiger partial charge is 0.484 e. The Labute approximate surface area is 123 Å². The second-order valence-electron chi connectivity index (χ2n) is 4.79. The molecule has 2 aromatic rings. The van der Waals surface area contributed by atoms with Gasteiger partial charge in [0.1, 0.15) is 5.75 Å². The zero-order valence-electron chi connectivity index (χ0n) is 12.1. The second kappa shape index (κ2) is 6.70. The Balaban J connectivity index is 1.90. The zero-order chi connectivity index (χ0) is 15.2. The zero-order valence-corrected chi connectivity index (χ0v) is 12.1. The lowest BCUT2D eigenvalue weighted by Crippen LogP contribution is -2.20. The van der Waals surface area contributed by atoms with Crippen molar-refractivity contribution in [2.75, 3.05) is 11.9 Å². The molecule has 1 amide bonds. The van der Waals surface area contributed by atoms with Gasteiger partial charge in [-0.2, -0.15) is 0 Å². The molecule has 0 aliphatic rings. The van der Waals surface area contributed by atoms with Crippen molar-refractivity contribution in [1.29, 1.82) is 0 Å². The first-order valence-electron chi connectivity index (χ1n) is 6.65. The number of anilines is 1. The number of benzene rings is 2. The van der Waals surface area contributed by atoms with Crippen molar-refractivity contribution in [3.63, 3.8) is 0 Å². The molecule has 0 heterocycles. The van der Waals surface area contributed by atoms with Crippen LogP contribution in [0.25, 0.3) is 0 Å². The van der Waals surface area contributed by atoms with E-state index in [0.717, 1.165) is 11.3 Å². The summed E-state index contributed by atoms with van der Waals surface area (Å²) in [5.74, 6) is 0.221. The van der Waals surface area contributed by atoms with Gasteiger partial charge in [-0.05, 0) is 38.1 Å². The molecule has 0 unspecified atom stereocenters. The van der Waals surface area contributed by atoms with Gasteiger partial charge in [-0.1, -0.05) is 29.8 Å². The van der Waals surface area contributed by atoms with E-state index in [1.54, 1.807) is 24.3 Å². The molecule has 0 radical (unpaired) electrons. The fourth-order valence-corrected chi connectivity index (χ4v) is 1.79. The third-order valence-electron chi connectivity index (χ3n) is 2.95. The summed E-state index contributed by atoms with van der Waals surface area (Å²) >= 11 is 0. The van der Waals surface area contributed by atoms with Crippen LogP contribution in [0.5, 0.6) is 5.75 Å². The van der Waals surface area contributed by atoms with E-state index < -0.39 is 0 Å². The van der Waals surface area contributed by atoms with Crippen LogP contribution in [0.15, 0.2) is 48.5 Å². The highest BCUT2D eigenvalue weighted by molar-refractivity contribution is 5.94. The summed E-state index contributed by atoms with van der Waals surface area (Å²) in [6.07, 6.45) is 0. The molecular formula is C17H17NO3. The predicted molar refractivity (Wildman–Crippen MR) is 81.8 cm³/mol. The third-order valence-corrected chi connectivity index (χ3v) is 2.95. The van der Waals surface area contributed by atoms with Gasteiger partial charge in [-0.3, -0.25) is 9.59 Å². The molecule has 4 nitrogen and oxygen atoms in total. The number of hydrogen-bond donors (Lipinski definition) is 1. The molecule has 2 aromatic carbocycles. The van der Waals surface area contributed by atoms with Crippen LogP contribution in [-0.2, 0) is 4.79 Å². The highest BCUT2D eigenvalue weighted by atomic mass is 16.5. The van der Waals surface area contributed by atoms with E-state index in [2.05, 4.69) is 5.32 Å². The number of amides is 1. The molecule has 21 heavy (non-hydrogen) atoms. The standard InChI is InChI=1S/C17H17NO3/c1-12-6-8-15(9-7-12)18-17(20)11-21-16-5-3-4-14(10-16)13(2)19/h3-10H,11H2,1-2H3,(H,18,20). The fraction of sp³-hybridized carbons (Fsp3) is 0.176. The second-order valence-corrected chi connectivity index (χ2v) is 4.79. The summed E-state index contributed by atoms with van der Waals surface area (Å²) < 4.78 is 5.39. The van der Waals surface area contributed by atoms with Gasteiger partial charge in [0, 0.05) is 11.3 Å². The molecule has 0 fully saturated rings. The number of nitrogens with one attached hydrogen (secondary N) is 1. The maximum Gasteiger partial charge on any atom is 0.262 e. The highest BCUT2D eigenvalue weighted by Crippen LogP contribution is 2.14. The summed E-state index contributed by atoms with van der Waals surface area (Å²) in [6.45, 7) is 3.37. The Hall–Kier alpha value is -2.62. The first kappa shape index (κ1) is 14.8. The van der Waals surface area contributed by atoms with Gasteiger partial charge in [0.2, 0.25) is 0 Å². The number of ether oxygens (including phenoxy) is 1. The minimum atomic E-state index is -0.243.